The number of halogens is 1. The quantitative estimate of drug-likeness (QED) is 0.439. The van der Waals surface area contributed by atoms with Crippen LogP contribution in [0.25, 0.3) is 5.69 Å². The van der Waals surface area contributed by atoms with Crippen LogP contribution in [0.5, 0.6) is 0 Å². The number of aromatic nitrogens is 3. The molecule has 0 spiro atoms. The van der Waals surface area contributed by atoms with E-state index in [1.54, 1.807) is 11.8 Å². The third-order valence-corrected chi connectivity index (χ3v) is 4.92. The predicted octanol–water partition coefficient (Wildman–Crippen LogP) is 4.91. The Kier molecular flexibility index (Phi) is 6.10. The zero-order valence-corrected chi connectivity index (χ0v) is 15.2. The molecule has 0 radical (unpaired) electrons. The summed E-state index contributed by atoms with van der Waals surface area (Å²) in [5, 5.41) is 19.0. The highest BCUT2D eigenvalue weighted by Crippen LogP contribution is 2.25. The van der Waals surface area contributed by atoms with Gasteiger partial charge < -0.3 is 0 Å². The van der Waals surface area contributed by atoms with E-state index in [1.807, 2.05) is 42.5 Å². The van der Waals surface area contributed by atoms with Gasteiger partial charge in [0, 0.05) is 29.3 Å². The average Bonchev–Trinajstić information content (AvgIpc) is 3.03. The van der Waals surface area contributed by atoms with Crippen LogP contribution in [0.3, 0.4) is 0 Å². The predicted molar refractivity (Wildman–Crippen MR) is 101 cm³/mol. The highest BCUT2D eigenvalue weighted by molar-refractivity contribution is 7.99. The van der Waals surface area contributed by atoms with Crippen LogP contribution in [0, 0.1) is 11.3 Å². The van der Waals surface area contributed by atoms with Crippen LogP contribution in [0.15, 0.2) is 59.8 Å². The zero-order valence-electron chi connectivity index (χ0n) is 13.6. The minimum absolute atomic E-state index is 0.555. The Morgan fingerprint density at radius 1 is 1.04 bits per heavy atom. The number of thioether (sulfide) groups is 1. The molecule has 3 aromatic rings. The monoisotopic (exact) mass is 368 g/mol. The molecule has 0 aliphatic carbocycles. The molecule has 0 bridgehead atoms. The SMILES string of the molecule is N#CCCCSc1nnc(Cc2ccccc2)n1-c1ccc(Cl)cc1. The van der Waals surface area contributed by atoms with Crippen molar-refractivity contribution in [1.29, 1.82) is 5.26 Å². The molecule has 25 heavy (non-hydrogen) atoms. The molecule has 2 aromatic carbocycles. The van der Waals surface area contributed by atoms with E-state index in [1.165, 1.54) is 5.56 Å². The van der Waals surface area contributed by atoms with Crippen molar-refractivity contribution in [3.63, 3.8) is 0 Å². The molecule has 0 saturated heterocycles. The summed E-state index contributed by atoms with van der Waals surface area (Å²) < 4.78 is 2.07. The average molecular weight is 369 g/mol. The Hall–Kier alpha value is -2.29. The second-order valence-corrected chi connectivity index (χ2v) is 6.98. The number of nitriles is 1. The van der Waals surface area contributed by atoms with Crippen LogP contribution >= 0.6 is 23.4 Å². The van der Waals surface area contributed by atoms with Crippen LogP contribution in [0.1, 0.15) is 24.2 Å². The van der Waals surface area contributed by atoms with E-state index >= 15 is 0 Å². The first kappa shape index (κ1) is 17.5. The minimum atomic E-state index is 0.555. The lowest BCUT2D eigenvalue weighted by atomic mass is 10.1. The number of nitrogens with zero attached hydrogens (tertiary/aromatic N) is 4. The molecule has 0 saturated carbocycles. The molecule has 0 N–H and O–H groups in total. The van der Waals surface area contributed by atoms with E-state index in [0.717, 1.165) is 28.8 Å². The Bertz CT molecular complexity index is 853. The summed E-state index contributed by atoms with van der Waals surface area (Å²) in [7, 11) is 0. The fourth-order valence-corrected chi connectivity index (χ4v) is 3.49. The van der Waals surface area contributed by atoms with E-state index < -0.39 is 0 Å². The molecule has 0 atom stereocenters. The van der Waals surface area contributed by atoms with E-state index in [2.05, 4.69) is 33.0 Å². The largest absolute Gasteiger partial charge is 0.274 e. The lowest BCUT2D eigenvalue weighted by Crippen LogP contribution is -2.04. The van der Waals surface area contributed by atoms with Gasteiger partial charge in [-0.3, -0.25) is 4.57 Å². The van der Waals surface area contributed by atoms with Crippen molar-refractivity contribution in [2.75, 3.05) is 5.75 Å². The van der Waals surface area contributed by atoms with Gasteiger partial charge >= 0.3 is 0 Å². The van der Waals surface area contributed by atoms with Crippen molar-refractivity contribution in [3.05, 3.63) is 71.0 Å². The summed E-state index contributed by atoms with van der Waals surface area (Å²) in [4.78, 5) is 0. The Labute approximate surface area is 156 Å². The normalized spacial score (nSPS) is 10.6. The molecule has 6 heteroatoms. The van der Waals surface area contributed by atoms with Crippen LogP contribution in [-0.2, 0) is 6.42 Å². The van der Waals surface area contributed by atoms with E-state index in [0.29, 0.717) is 17.9 Å². The van der Waals surface area contributed by atoms with Gasteiger partial charge in [-0.15, -0.1) is 10.2 Å². The van der Waals surface area contributed by atoms with Crippen LogP contribution in [0.4, 0.5) is 0 Å². The molecule has 126 valence electrons. The van der Waals surface area contributed by atoms with E-state index in [4.69, 9.17) is 16.9 Å². The molecule has 0 fully saturated rings. The standard InChI is InChI=1S/C19H17ClN4S/c20-16-8-10-17(11-9-16)24-18(14-15-6-2-1-3-7-15)22-23-19(24)25-13-5-4-12-21/h1-3,6-11H,4-5,13-14H2. The van der Waals surface area contributed by atoms with Gasteiger partial charge in [-0.2, -0.15) is 5.26 Å². The third kappa shape index (κ3) is 4.62. The van der Waals surface area contributed by atoms with Crippen molar-refractivity contribution >= 4 is 23.4 Å². The summed E-state index contributed by atoms with van der Waals surface area (Å²) in [6.45, 7) is 0. The first-order valence-corrected chi connectivity index (χ1v) is 9.38. The molecule has 4 nitrogen and oxygen atoms in total. The van der Waals surface area contributed by atoms with Crippen LogP contribution in [0.2, 0.25) is 5.02 Å². The van der Waals surface area contributed by atoms with Gasteiger partial charge in [0.25, 0.3) is 0 Å². The van der Waals surface area contributed by atoms with Gasteiger partial charge in [-0.05, 0) is 36.2 Å². The van der Waals surface area contributed by atoms with Crippen LogP contribution in [-0.4, -0.2) is 20.5 Å². The highest BCUT2D eigenvalue weighted by Gasteiger charge is 2.15. The van der Waals surface area contributed by atoms with Crippen molar-refractivity contribution in [3.8, 4) is 11.8 Å². The Balaban J connectivity index is 1.90. The van der Waals surface area contributed by atoms with Gasteiger partial charge in [0.2, 0.25) is 0 Å². The van der Waals surface area contributed by atoms with Gasteiger partial charge in [-0.25, -0.2) is 0 Å². The fourth-order valence-electron chi connectivity index (χ4n) is 2.45. The summed E-state index contributed by atoms with van der Waals surface area (Å²) >= 11 is 7.65. The van der Waals surface area contributed by atoms with Crippen molar-refractivity contribution in [1.82, 2.24) is 14.8 Å². The first-order valence-electron chi connectivity index (χ1n) is 8.02. The Morgan fingerprint density at radius 2 is 1.80 bits per heavy atom. The summed E-state index contributed by atoms with van der Waals surface area (Å²) in [6.07, 6.45) is 2.09. The molecular weight excluding hydrogens is 352 g/mol. The summed E-state index contributed by atoms with van der Waals surface area (Å²) in [5.74, 6) is 1.72. The Morgan fingerprint density at radius 3 is 2.52 bits per heavy atom. The molecule has 0 aliphatic rings. The highest BCUT2D eigenvalue weighted by atomic mass is 35.5. The number of rotatable bonds is 7. The molecule has 1 heterocycles. The second kappa shape index (κ2) is 8.70. The third-order valence-electron chi connectivity index (χ3n) is 3.65. The zero-order chi connectivity index (χ0) is 17.5. The molecule has 0 aliphatic heterocycles. The maximum Gasteiger partial charge on any atom is 0.195 e. The summed E-state index contributed by atoms with van der Waals surface area (Å²) in [5.41, 5.74) is 2.18. The maximum absolute atomic E-state index is 8.69. The number of unbranched alkanes of at least 4 members (excludes halogenated alkanes) is 1. The lowest BCUT2D eigenvalue weighted by Gasteiger charge is -2.10. The number of benzene rings is 2. The molecule has 1 aromatic heterocycles. The smallest absolute Gasteiger partial charge is 0.195 e. The minimum Gasteiger partial charge on any atom is -0.274 e. The van der Waals surface area contributed by atoms with E-state index in [-0.39, 0.29) is 0 Å². The molecule has 0 amide bonds. The summed E-state index contributed by atoms with van der Waals surface area (Å²) in [6, 6.07) is 20.1. The topological polar surface area (TPSA) is 54.5 Å². The van der Waals surface area contributed by atoms with Gasteiger partial charge in [0.15, 0.2) is 5.16 Å². The molecule has 0 unspecified atom stereocenters. The first-order chi connectivity index (χ1) is 12.3. The molecule has 3 rings (SSSR count). The fraction of sp³-hybridized carbons (Fsp3) is 0.211. The molecular formula is C19H17ClN4S. The van der Waals surface area contributed by atoms with Gasteiger partial charge in [-0.1, -0.05) is 53.7 Å². The van der Waals surface area contributed by atoms with Crippen molar-refractivity contribution in [2.45, 2.75) is 24.4 Å². The van der Waals surface area contributed by atoms with Crippen molar-refractivity contribution in [2.24, 2.45) is 0 Å². The van der Waals surface area contributed by atoms with Crippen molar-refractivity contribution < 1.29 is 0 Å². The van der Waals surface area contributed by atoms with Crippen LogP contribution < -0.4 is 0 Å². The second-order valence-electron chi connectivity index (χ2n) is 5.48. The number of hydrogen-bond acceptors (Lipinski definition) is 4. The number of hydrogen-bond donors (Lipinski definition) is 0. The van der Waals surface area contributed by atoms with Gasteiger partial charge in [0.05, 0.1) is 6.07 Å². The lowest BCUT2D eigenvalue weighted by molar-refractivity contribution is 0.845. The maximum atomic E-state index is 8.69. The van der Waals surface area contributed by atoms with E-state index in [9.17, 15) is 0 Å². The van der Waals surface area contributed by atoms with Gasteiger partial charge in [0.1, 0.15) is 5.82 Å².